The zero-order chi connectivity index (χ0) is 13.5. The molecule has 0 aromatic carbocycles. The van der Waals surface area contributed by atoms with Crippen LogP contribution in [0.5, 0.6) is 0 Å². The molecule has 102 valence electrons. The van der Waals surface area contributed by atoms with Crippen molar-refractivity contribution >= 4 is 11.3 Å². The Morgan fingerprint density at radius 1 is 1.42 bits per heavy atom. The molecule has 1 aliphatic carbocycles. The Balaban J connectivity index is 1.80. The lowest BCUT2D eigenvalue weighted by molar-refractivity contribution is 0.275. The molecule has 0 spiro atoms. The van der Waals surface area contributed by atoms with Crippen LogP contribution in [0.2, 0.25) is 0 Å². The fraction of sp³-hybridized carbons (Fsp3) is 0.500. The number of thiophene rings is 1. The molecule has 2 aromatic rings. The van der Waals surface area contributed by atoms with Crippen molar-refractivity contribution in [3.63, 3.8) is 0 Å². The van der Waals surface area contributed by atoms with Crippen molar-refractivity contribution in [1.29, 1.82) is 0 Å². The van der Waals surface area contributed by atoms with Gasteiger partial charge < -0.3 is 10.3 Å². The van der Waals surface area contributed by atoms with Crippen LogP contribution in [0.1, 0.15) is 42.4 Å². The molecule has 19 heavy (non-hydrogen) atoms. The van der Waals surface area contributed by atoms with E-state index in [9.17, 15) is 0 Å². The van der Waals surface area contributed by atoms with Crippen molar-refractivity contribution in [3.05, 3.63) is 45.9 Å². The highest BCUT2D eigenvalue weighted by Crippen LogP contribution is 2.40. The quantitative estimate of drug-likeness (QED) is 0.907. The van der Waals surface area contributed by atoms with Crippen molar-refractivity contribution in [1.82, 2.24) is 4.57 Å². The monoisotopic (exact) mass is 274 g/mol. The van der Waals surface area contributed by atoms with Crippen LogP contribution < -0.4 is 5.73 Å². The van der Waals surface area contributed by atoms with E-state index in [1.54, 1.807) is 0 Å². The molecule has 3 rings (SSSR count). The van der Waals surface area contributed by atoms with Crippen LogP contribution in [0.15, 0.2) is 29.8 Å². The molecule has 0 fully saturated rings. The fourth-order valence-corrected chi connectivity index (χ4v) is 3.89. The molecule has 0 aliphatic heterocycles. The summed E-state index contributed by atoms with van der Waals surface area (Å²) in [5, 5.41) is 2.15. The first kappa shape index (κ1) is 12.9. The van der Waals surface area contributed by atoms with Crippen molar-refractivity contribution in [2.45, 2.75) is 45.7 Å². The van der Waals surface area contributed by atoms with E-state index in [-0.39, 0.29) is 6.04 Å². The fourth-order valence-electron chi connectivity index (χ4n) is 3.19. The van der Waals surface area contributed by atoms with Crippen molar-refractivity contribution in [2.75, 3.05) is 0 Å². The number of hydrogen-bond donors (Lipinski definition) is 1. The lowest BCUT2D eigenvalue weighted by Crippen LogP contribution is -2.30. The van der Waals surface area contributed by atoms with E-state index in [0.717, 1.165) is 25.8 Å². The molecule has 3 heteroatoms. The van der Waals surface area contributed by atoms with Gasteiger partial charge in [0.15, 0.2) is 0 Å². The molecule has 2 N–H and O–H groups in total. The number of fused-ring (bicyclic) bond motifs is 1. The molecule has 1 unspecified atom stereocenters. The molecule has 0 amide bonds. The summed E-state index contributed by atoms with van der Waals surface area (Å²) in [6.07, 6.45) is 5.58. The summed E-state index contributed by atoms with van der Waals surface area (Å²) in [6, 6.07) is 6.78. The lowest BCUT2D eigenvalue weighted by atomic mass is 9.74. The third-order valence-electron chi connectivity index (χ3n) is 4.11. The largest absolute Gasteiger partial charge is 0.351 e. The predicted molar refractivity (Wildman–Crippen MR) is 81.5 cm³/mol. The molecule has 1 atom stereocenters. The van der Waals surface area contributed by atoms with Crippen LogP contribution in [0.3, 0.4) is 0 Å². The zero-order valence-electron chi connectivity index (χ0n) is 11.7. The maximum Gasteiger partial charge on any atom is 0.0318 e. The molecule has 2 aromatic heterocycles. The van der Waals surface area contributed by atoms with Gasteiger partial charge in [0, 0.05) is 29.4 Å². The highest BCUT2D eigenvalue weighted by molar-refractivity contribution is 7.09. The average molecular weight is 274 g/mol. The number of rotatable bonds is 3. The maximum absolute atomic E-state index is 6.31. The third kappa shape index (κ3) is 2.63. The summed E-state index contributed by atoms with van der Waals surface area (Å²) in [5.41, 5.74) is 9.46. The van der Waals surface area contributed by atoms with Gasteiger partial charge in [0.2, 0.25) is 0 Å². The lowest BCUT2D eigenvalue weighted by Gasteiger charge is -2.34. The van der Waals surface area contributed by atoms with Gasteiger partial charge in [-0.1, -0.05) is 19.9 Å². The Morgan fingerprint density at radius 2 is 2.26 bits per heavy atom. The second-order valence-corrected chi connectivity index (χ2v) is 7.42. The maximum atomic E-state index is 6.31. The first-order valence-electron chi connectivity index (χ1n) is 7.01. The zero-order valence-corrected chi connectivity index (χ0v) is 12.5. The van der Waals surface area contributed by atoms with Gasteiger partial charge in [-0.25, -0.2) is 0 Å². The van der Waals surface area contributed by atoms with Gasteiger partial charge in [0.25, 0.3) is 0 Å². The summed E-state index contributed by atoms with van der Waals surface area (Å²) in [5.74, 6) is 0. The van der Waals surface area contributed by atoms with Gasteiger partial charge in [-0.15, -0.1) is 11.3 Å². The molecular weight excluding hydrogens is 252 g/mol. The highest BCUT2D eigenvalue weighted by Gasteiger charge is 2.32. The molecule has 0 bridgehead atoms. The highest BCUT2D eigenvalue weighted by atomic mass is 32.1. The van der Waals surface area contributed by atoms with Gasteiger partial charge in [0.1, 0.15) is 0 Å². The number of nitrogens with two attached hydrogens (primary N) is 1. The van der Waals surface area contributed by atoms with Crippen molar-refractivity contribution in [2.24, 2.45) is 11.1 Å². The van der Waals surface area contributed by atoms with Gasteiger partial charge in [0.05, 0.1) is 0 Å². The van der Waals surface area contributed by atoms with Crippen LogP contribution in [-0.4, -0.2) is 4.57 Å². The number of nitrogens with zero attached hydrogens (tertiary/aromatic N) is 1. The summed E-state index contributed by atoms with van der Waals surface area (Å²) >= 11 is 1.84. The topological polar surface area (TPSA) is 30.9 Å². The Hall–Kier alpha value is -1.06. The van der Waals surface area contributed by atoms with E-state index in [2.05, 4.69) is 48.2 Å². The summed E-state index contributed by atoms with van der Waals surface area (Å²) in [4.78, 5) is 1.46. The van der Waals surface area contributed by atoms with Crippen molar-refractivity contribution in [3.8, 4) is 0 Å². The second kappa shape index (κ2) is 4.80. The number of aromatic nitrogens is 1. The minimum atomic E-state index is 0.210. The van der Waals surface area contributed by atoms with Gasteiger partial charge in [-0.2, -0.15) is 0 Å². The minimum Gasteiger partial charge on any atom is -0.351 e. The van der Waals surface area contributed by atoms with E-state index in [0.29, 0.717) is 5.41 Å². The molecule has 1 aliphatic rings. The Morgan fingerprint density at radius 3 is 3.00 bits per heavy atom. The number of hydrogen-bond acceptors (Lipinski definition) is 2. The normalized spacial score (nSPS) is 21.3. The Kier molecular flexibility index (Phi) is 3.27. The molecule has 2 nitrogen and oxygen atoms in total. The van der Waals surface area contributed by atoms with E-state index in [1.165, 1.54) is 16.1 Å². The molecular formula is C16H22N2S. The van der Waals surface area contributed by atoms with Crippen LogP contribution in [0, 0.1) is 5.41 Å². The van der Waals surface area contributed by atoms with Gasteiger partial charge >= 0.3 is 0 Å². The van der Waals surface area contributed by atoms with Crippen LogP contribution in [0.25, 0.3) is 0 Å². The van der Waals surface area contributed by atoms with Crippen LogP contribution in [0.4, 0.5) is 0 Å². The minimum absolute atomic E-state index is 0.210. The van der Waals surface area contributed by atoms with Gasteiger partial charge in [-0.05, 0) is 47.8 Å². The first-order valence-corrected chi connectivity index (χ1v) is 7.89. The van der Waals surface area contributed by atoms with Crippen LogP contribution in [-0.2, 0) is 19.4 Å². The summed E-state index contributed by atoms with van der Waals surface area (Å²) in [6.45, 7) is 5.72. The van der Waals surface area contributed by atoms with Crippen molar-refractivity contribution < 1.29 is 0 Å². The number of aryl methyl sites for hydroxylation is 2. The predicted octanol–water partition coefficient (Wildman–Crippen LogP) is 3.76. The first-order chi connectivity index (χ1) is 9.05. The molecule has 0 saturated heterocycles. The molecule has 2 heterocycles. The average Bonchev–Trinajstić information content (AvgIpc) is 2.93. The van der Waals surface area contributed by atoms with Gasteiger partial charge in [-0.3, -0.25) is 0 Å². The second-order valence-electron chi connectivity index (χ2n) is 6.39. The SMILES string of the molecule is CC1(C)Cc2c(ccn2CCc2cccs2)C(N)C1. The van der Waals surface area contributed by atoms with Crippen LogP contribution >= 0.6 is 11.3 Å². The van der Waals surface area contributed by atoms with E-state index in [1.807, 2.05) is 11.3 Å². The van der Waals surface area contributed by atoms with E-state index in [4.69, 9.17) is 5.73 Å². The molecule has 0 saturated carbocycles. The Bertz CT molecular complexity index is 551. The smallest absolute Gasteiger partial charge is 0.0318 e. The molecule has 0 radical (unpaired) electrons. The summed E-state index contributed by atoms with van der Waals surface area (Å²) in [7, 11) is 0. The van der Waals surface area contributed by atoms with E-state index >= 15 is 0 Å². The van der Waals surface area contributed by atoms with E-state index < -0.39 is 0 Å². The standard InChI is InChI=1S/C16H22N2S/c1-16(2)10-14(17)13-6-8-18(15(13)11-16)7-5-12-4-3-9-19-12/h3-4,6,8-9,14H,5,7,10-11,17H2,1-2H3. The summed E-state index contributed by atoms with van der Waals surface area (Å²) < 4.78 is 2.41. The Labute approximate surface area is 119 Å². The third-order valence-corrected chi connectivity index (χ3v) is 5.05.